The summed E-state index contributed by atoms with van der Waals surface area (Å²) in [4.78, 5) is 24.0. The fourth-order valence-corrected chi connectivity index (χ4v) is 2.57. The Morgan fingerprint density at radius 1 is 1.04 bits per heavy atom. The first-order valence-electron chi connectivity index (χ1n) is 8.79. The van der Waals surface area contributed by atoms with Gasteiger partial charge in [0.1, 0.15) is 5.82 Å². The Hall–Kier alpha value is -3.59. The number of nitro groups is 1. The summed E-state index contributed by atoms with van der Waals surface area (Å²) in [5, 5.41) is 26.3. The third-order valence-electron chi connectivity index (χ3n) is 3.92. The summed E-state index contributed by atoms with van der Waals surface area (Å²) in [6, 6.07) is 13.8. The summed E-state index contributed by atoms with van der Waals surface area (Å²) >= 11 is 0. The number of aliphatic hydroxyl groups excluding tert-OH is 1. The van der Waals surface area contributed by atoms with E-state index in [1.807, 2.05) is 18.2 Å². The number of nitro benzene ring substituents is 1. The van der Waals surface area contributed by atoms with Crippen molar-refractivity contribution in [2.24, 2.45) is 0 Å². The minimum absolute atomic E-state index is 0.0512. The number of nitrogens with one attached hydrogen (secondary N) is 2. The topological polar surface area (TPSA) is 126 Å². The quantitative estimate of drug-likeness (QED) is 0.294. The lowest BCUT2D eigenvalue weighted by Crippen LogP contribution is -2.10. The van der Waals surface area contributed by atoms with E-state index < -0.39 is 4.92 Å². The molecule has 0 radical (unpaired) electrons. The molecule has 9 heteroatoms. The Labute approximate surface area is 161 Å². The van der Waals surface area contributed by atoms with Crippen molar-refractivity contribution in [1.29, 1.82) is 0 Å². The molecule has 3 rings (SSSR count). The van der Waals surface area contributed by atoms with Gasteiger partial charge in [0.15, 0.2) is 0 Å². The van der Waals surface area contributed by atoms with Crippen molar-refractivity contribution in [2.75, 3.05) is 23.8 Å². The molecule has 144 valence electrons. The van der Waals surface area contributed by atoms with Gasteiger partial charge in [0.2, 0.25) is 5.95 Å². The Bertz CT molecular complexity index is 936. The number of aromatic nitrogens is 3. The van der Waals surface area contributed by atoms with Gasteiger partial charge >= 0.3 is 0 Å². The van der Waals surface area contributed by atoms with Crippen molar-refractivity contribution >= 4 is 17.5 Å². The number of para-hydroxylation sites is 1. The Kier molecular flexibility index (Phi) is 6.42. The minimum atomic E-state index is -0.405. The summed E-state index contributed by atoms with van der Waals surface area (Å²) in [6.45, 7) is 0.827. The van der Waals surface area contributed by atoms with Gasteiger partial charge in [-0.25, -0.2) is 4.98 Å². The van der Waals surface area contributed by atoms with E-state index in [9.17, 15) is 10.1 Å². The van der Waals surface area contributed by atoms with Crippen LogP contribution in [0.15, 0.2) is 54.7 Å². The largest absolute Gasteiger partial charge is 0.396 e. The van der Waals surface area contributed by atoms with Gasteiger partial charge in [-0.2, -0.15) is 4.98 Å². The zero-order valence-electron chi connectivity index (χ0n) is 15.1. The molecule has 0 fully saturated rings. The minimum Gasteiger partial charge on any atom is -0.396 e. The van der Waals surface area contributed by atoms with Crippen molar-refractivity contribution in [3.8, 4) is 11.4 Å². The molecule has 0 atom stereocenters. The van der Waals surface area contributed by atoms with Crippen molar-refractivity contribution < 1.29 is 10.0 Å². The summed E-state index contributed by atoms with van der Waals surface area (Å²) in [5.41, 5.74) is 1.91. The molecule has 2 aromatic heterocycles. The molecule has 28 heavy (non-hydrogen) atoms. The van der Waals surface area contributed by atoms with Crippen LogP contribution in [0.5, 0.6) is 0 Å². The van der Waals surface area contributed by atoms with Gasteiger partial charge in [0.05, 0.1) is 16.3 Å². The predicted octanol–water partition coefficient (Wildman–Crippen LogP) is 2.85. The van der Waals surface area contributed by atoms with Crippen molar-refractivity contribution in [2.45, 2.75) is 13.0 Å². The fourth-order valence-electron chi connectivity index (χ4n) is 2.57. The number of anilines is 2. The summed E-state index contributed by atoms with van der Waals surface area (Å²) in [5.74, 6) is 0.905. The molecule has 0 bridgehead atoms. The van der Waals surface area contributed by atoms with Crippen molar-refractivity contribution in [3.05, 3.63) is 70.4 Å². The van der Waals surface area contributed by atoms with Crippen LogP contribution in [0.3, 0.4) is 0 Å². The second-order valence-corrected chi connectivity index (χ2v) is 5.92. The molecule has 0 saturated heterocycles. The van der Waals surface area contributed by atoms with Crippen LogP contribution in [0.2, 0.25) is 0 Å². The number of rotatable bonds is 9. The highest BCUT2D eigenvalue weighted by molar-refractivity contribution is 5.61. The van der Waals surface area contributed by atoms with E-state index in [4.69, 9.17) is 5.11 Å². The van der Waals surface area contributed by atoms with E-state index in [1.54, 1.807) is 30.5 Å². The van der Waals surface area contributed by atoms with Crippen molar-refractivity contribution in [1.82, 2.24) is 15.0 Å². The van der Waals surface area contributed by atoms with E-state index in [0.717, 1.165) is 0 Å². The third-order valence-corrected chi connectivity index (χ3v) is 3.92. The number of nitrogens with zero attached hydrogens (tertiary/aromatic N) is 4. The van der Waals surface area contributed by atoms with E-state index in [2.05, 4.69) is 25.6 Å². The first kappa shape index (κ1) is 19.2. The smallest absolute Gasteiger partial charge is 0.274 e. The molecule has 1 aromatic carbocycles. The number of benzene rings is 1. The summed E-state index contributed by atoms with van der Waals surface area (Å²) in [6.07, 6.45) is 2.24. The lowest BCUT2D eigenvalue weighted by atomic mass is 10.2. The zero-order valence-corrected chi connectivity index (χ0v) is 15.1. The van der Waals surface area contributed by atoms with Gasteiger partial charge < -0.3 is 15.7 Å². The van der Waals surface area contributed by atoms with Gasteiger partial charge in [-0.1, -0.05) is 24.3 Å². The van der Waals surface area contributed by atoms with Crippen LogP contribution >= 0.6 is 0 Å². The standard InChI is InChI=1S/C19H20N6O3/c26-11-5-10-21-19-23-16(15-7-3-4-9-20-15)12-18(24-19)22-13-14-6-1-2-8-17(14)25(27)28/h1-4,6-9,12,26H,5,10-11,13H2,(H2,21,22,23,24). The highest BCUT2D eigenvalue weighted by atomic mass is 16.6. The number of pyridine rings is 1. The van der Waals surface area contributed by atoms with E-state index in [0.29, 0.717) is 41.7 Å². The molecule has 9 nitrogen and oxygen atoms in total. The maximum absolute atomic E-state index is 11.2. The number of hydrogen-bond acceptors (Lipinski definition) is 8. The average molecular weight is 380 g/mol. The lowest BCUT2D eigenvalue weighted by Gasteiger charge is -2.11. The van der Waals surface area contributed by atoms with Gasteiger partial charge in [0, 0.05) is 43.6 Å². The van der Waals surface area contributed by atoms with Gasteiger partial charge in [-0.15, -0.1) is 0 Å². The number of aliphatic hydroxyl groups is 1. The van der Waals surface area contributed by atoms with Crippen LogP contribution in [-0.2, 0) is 6.54 Å². The van der Waals surface area contributed by atoms with Gasteiger partial charge in [-0.05, 0) is 18.6 Å². The number of hydrogen-bond donors (Lipinski definition) is 3. The molecule has 0 amide bonds. The Balaban J connectivity index is 1.85. The fraction of sp³-hybridized carbons (Fsp3) is 0.211. The van der Waals surface area contributed by atoms with Crippen LogP contribution < -0.4 is 10.6 Å². The van der Waals surface area contributed by atoms with E-state index >= 15 is 0 Å². The van der Waals surface area contributed by atoms with Gasteiger partial charge in [-0.3, -0.25) is 15.1 Å². The van der Waals surface area contributed by atoms with Crippen LogP contribution in [0, 0.1) is 10.1 Å². The normalized spacial score (nSPS) is 10.5. The molecule has 0 spiro atoms. The summed E-state index contributed by atoms with van der Waals surface area (Å²) in [7, 11) is 0. The maximum atomic E-state index is 11.2. The molecule has 0 aliphatic carbocycles. The molecule has 2 heterocycles. The second kappa shape index (κ2) is 9.38. The Morgan fingerprint density at radius 3 is 2.61 bits per heavy atom. The van der Waals surface area contributed by atoms with E-state index in [-0.39, 0.29) is 18.8 Å². The zero-order chi connectivity index (χ0) is 19.8. The molecule has 3 N–H and O–H groups in total. The Morgan fingerprint density at radius 2 is 1.86 bits per heavy atom. The maximum Gasteiger partial charge on any atom is 0.274 e. The monoisotopic (exact) mass is 380 g/mol. The third kappa shape index (κ3) is 4.98. The van der Waals surface area contributed by atoms with E-state index in [1.165, 1.54) is 6.07 Å². The molecule has 0 aliphatic heterocycles. The lowest BCUT2D eigenvalue weighted by molar-refractivity contribution is -0.385. The highest BCUT2D eigenvalue weighted by Gasteiger charge is 2.13. The van der Waals surface area contributed by atoms with Crippen LogP contribution in [0.1, 0.15) is 12.0 Å². The molecular formula is C19H20N6O3. The molecule has 0 unspecified atom stereocenters. The van der Waals surface area contributed by atoms with Crippen LogP contribution in [-0.4, -0.2) is 38.1 Å². The predicted molar refractivity (Wildman–Crippen MR) is 106 cm³/mol. The molecule has 0 saturated carbocycles. The highest BCUT2D eigenvalue weighted by Crippen LogP contribution is 2.22. The summed E-state index contributed by atoms with van der Waals surface area (Å²) < 4.78 is 0. The van der Waals surface area contributed by atoms with Gasteiger partial charge in [0.25, 0.3) is 5.69 Å². The van der Waals surface area contributed by atoms with Crippen LogP contribution in [0.25, 0.3) is 11.4 Å². The van der Waals surface area contributed by atoms with Crippen molar-refractivity contribution in [3.63, 3.8) is 0 Å². The molecular weight excluding hydrogens is 360 g/mol. The molecule has 3 aromatic rings. The average Bonchev–Trinajstić information content (AvgIpc) is 2.73. The first-order chi connectivity index (χ1) is 13.7. The first-order valence-corrected chi connectivity index (χ1v) is 8.79. The second-order valence-electron chi connectivity index (χ2n) is 5.92. The molecule has 0 aliphatic rings. The van der Waals surface area contributed by atoms with Crippen LogP contribution in [0.4, 0.5) is 17.5 Å². The SMILES string of the molecule is O=[N+]([O-])c1ccccc1CNc1cc(-c2ccccn2)nc(NCCCO)n1.